The zero-order valence-electron chi connectivity index (χ0n) is 13.9. The summed E-state index contributed by atoms with van der Waals surface area (Å²) in [6, 6.07) is 11.0. The molecule has 2 heterocycles. The fourth-order valence-corrected chi connectivity index (χ4v) is 4.23. The van der Waals surface area contributed by atoms with Gasteiger partial charge in [-0.3, -0.25) is 4.90 Å². The van der Waals surface area contributed by atoms with E-state index in [4.69, 9.17) is 9.15 Å². The van der Waals surface area contributed by atoms with Gasteiger partial charge in [0.25, 0.3) is 0 Å². The molecular weight excluding hydrogens is 286 g/mol. The third kappa shape index (κ3) is 3.46. The smallest absolute Gasteiger partial charge is 0.134 e. The molecule has 1 saturated heterocycles. The molecule has 1 aromatic heterocycles. The van der Waals surface area contributed by atoms with Gasteiger partial charge in [0.05, 0.1) is 12.7 Å². The minimum absolute atomic E-state index is 0.422. The molecule has 2 fully saturated rings. The zero-order chi connectivity index (χ0) is 15.5. The highest BCUT2D eigenvalue weighted by Crippen LogP contribution is 2.28. The Bertz CT molecular complexity index is 596. The Morgan fingerprint density at radius 1 is 1.04 bits per heavy atom. The van der Waals surface area contributed by atoms with E-state index in [0.717, 1.165) is 24.4 Å². The van der Waals surface area contributed by atoms with E-state index in [-0.39, 0.29) is 0 Å². The Hall–Kier alpha value is -1.32. The molecule has 1 saturated carbocycles. The summed E-state index contributed by atoms with van der Waals surface area (Å²) in [4.78, 5) is 2.67. The maximum absolute atomic E-state index is 6.31. The van der Waals surface area contributed by atoms with Crippen molar-refractivity contribution in [2.45, 2.75) is 57.1 Å². The molecule has 2 atom stereocenters. The molecule has 1 aliphatic heterocycles. The van der Waals surface area contributed by atoms with Crippen LogP contribution in [0.2, 0.25) is 0 Å². The molecule has 124 valence electrons. The molecule has 0 spiro atoms. The van der Waals surface area contributed by atoms with E-state index in [1.807, 2.05) is 12.1 Å². The number of likely N-dealkylation sites (tertiary alicyclic amines) is 1. The molecule has 2 unspecified atom stereocenters. The van der Waals surface area contributed by atoms with E-state index in [1.54, 1.807) is 0 Å². The fourth-order valence-electron chi connectivity index (χ4n) is 4.23. The normalized spacial score (nSPS) is 26.1. The molecule has 0 amide bonds. The molecule has 4 rings (SSSR count). The van der Waals surface area contributed by atoms with Gasteiger partial charge in [-0.1, -0.05) is 31.0 Å². The molecule has 23 heavy (non-hydrogen) atoms. The van der Waals surface area contributed by atoms with Crippen molar-refractivity contribution in [3.05, 3.63) is 36.1 Å². The van der Waals surface area contributed by atoms with E-state index < -0.39 is 0 Å². The number of hydrogen-bond acceptors (Lipinski definition) is 3. The second-order valence-corrected chi connectivity index (χ2v) is 7.00. The second-order valence-electron chi connectivity index (χ2n) is 7.00. The van der Waals surface area contributed by atoms with Crippen LogP contribution in [0.15, 0.2) is 34.7 Å². The molecular formula is C20H27NO2. The van der Waals surface area contributed by atoms with Gasteiger partial charge in [-0.25, -0.2) is 0 Å². The van der Waals surface area contributed by atoms with Crippen LogP contribution in [0.3, 0.4) is 0 Å². The maximum Gasteiger partial charge on any atom is 0.134 e. The van der Waals surface area contributed by atoms with Crippen molar-refractivity contribution in [3.8, 4) is 0 Å². The first-order valence-corrected chi connectivity index (χ1v) is 9.23. The number of ether oxygens (including phenoxy) is 1. The lowest BCUT2D eigenvalue weighted by Crippen LogP contribution is -2.45. The third-order valence-corrected chi connectivity index (χ3v) is 5.43. The molecule has 3 nitrogen and oxygen atoms in total. The quantitative estimate of drug-likeness (QED) is 0.818. The molecule has 1 aromatic carbocycles. The van der Waals surface area contributed by atoms with Gasteiger partial charge in [0.2, 0.25) is 0 Å². The number of benzene rings is 1. The number of furan rings is 1. The van der Waals surface area contributed by atoms with E-state index in [1.165, 1.54) is 57.0 Å². The van der Waals surface area contributed by atoms with Crippen molar-refractivity contribution in [1.82, 2.24) is 4.90 Å². The molecule has 1 aliphatic carbocycles. The van der Waals surface area contributed by atoms with Gasteiger partial charge < -0.3 is 9.15 Å². The first-order valence-electron chi connectivity index (χ1n) is 9.23. The zero-order valence-corrected chi connectivity index (χ0v) is 13.9. The summed E-state index contributed by atoms with van der Waals surface area (Å²) in [6.45, 7) is 3.32. The van der Waals surface area contributed by atoms with Crippen molar-refractivity contribution < 1.29 is 9.15 Å². The van der Waals surface area contributed by atoms with Gasteiger partial charge in [0.1, 0.15) is 11.3 Å². The summed E-state index contributed by atoms with van der Waals surface area (Å²) >= 11 is 0. The summed E-state index contributed by atoms with van der Waals surface area (Å²) in [5.41, 5.74) is 0.982. The maximum atomic E-state index is 6.31. The summed E-state index contributed by atoms with van der Waals surface area (Å²) in [5.74, 6) is 1.04. The highest BCUT2D eigenvalue weighted by atomic mass is 16.5. The van der Waals surface area contributed by atoms with Gasteiger partial charge in [0, 0.05) is 17.8 Å². The molecule has 0 N–H and O–H groups in total. The van der Waals surface area contributed by atoms with Gasteiger partial charge in [0.15, 0.2) is 0 Å². The largest absolute Gasteiger partial charge is 0.461 e. The lowest BCUT2D eigenvalue weighted by atomic mass is 9.91. The molecule has 2 aliphatic rings. The number of nitrogens with zero attached hydrogens (tertiary/aromatic N) is 1. The number of para-hydroxylation sites is 1. The van der Waals surface area contributed by atoms with E-state index in [0.29, 0.717) is 12.1 Å². The average Bonchev–Trinajstić information content (AvgIpc) is 3.24. The standard InChI is InChI=1S/C20H27NO2/c1-3-9-19-16(7-1)15-17(23-19)11-14-22-20-10-4-2-8-18(20)21-12-5-6-13-21/h1,3,7,9,15,18,20H,2,4-6,8,10-14H2. The average molecular weight is 313 g/mol. The van der Waals surface area contributed by atoms with Crippen molar-refractivity contribution in [2.24, 2.45) is 0 Å². The first-order chi connectivity index (χ1) is 11.4. The number of fused-ring (bicyclic) bond motifs is 1. The van der Waals surface area contributed by atoms with Gasteiger partial charge >= 0.3 is 0 Å². The predicted octanol–water partition coefficient (Wildman–Crippen LogP) is 4.40. The van der Waals surface area contributed by atoms with Gasteiger partial charge in [-0.15, -0.1) is 0 Å². The monoisotopic (exact) mass is 313 g/mol. The van der Waals surface area contributed by atoms with Crippen LogP contribution >= 0.6 is 0 Å². The highest BCUT2D eigenvalue weighted by molar-refractivity contribution is 5.77. The minimum Gasteiger partial charge on any atom is -0.461 e. The second kappa shape index (κ2) is 7.06. The lowest BCUT2D eigenvalue weighted by molar-refractivity contribution is -0.0298. The molecule has 3 heteroatoms. The van der Waals surface area contributed by atoms with Crippen LogP contribution in [0.25, 0.3) is 11.0 Å². The SMILES string of the molecule is c1ccc2oc(CCOC3CCCCC3N3CCCC3)cc2c1. The summed E-state index contributed by atoms with van der Waals surface area (Å²) in [7, 11) is 0. The summed E-state index contributed by atoms with van der Waals surface area (Å²) in [6.07, 6.45) is 9.25. The molecule has 0 bridgehead atoms. The highest BCUT2D eigenvalue weighted by Gasteiger charge is 2.32. The van der Waals surface area contributed by atoms with E-state index in [9.17, 15) is 0 Å². The van der Waals surface area contributed by atoms with Crippen LogP contribution in [0, 0.1) is 0 Å². The predicted molar refractivity (Wildman–Crippen MR) is 92.7 cm³/mol. The summed E-state index contributed by atoms with van der Waals surface area (Å²) in [5, 5.41) is 1.19. The van der Waals surface area contributed by atoms with Crippen molar-refractivity contribution >= 4 is 11.0 Å². The first kappa shape index (κ1) is 15.2. The lowest BCUT2D eigenvalue weighted by Gasteiger charge is -2.37. The van der Waals surface area contributed by atoms with Gasteiger partial charge in [-0.2, -0.15) is 0 Å². The Balaban J connectivity index is 1.33. The molecule has 2 aromatic rings. The Labute approximate surface area is 138 Å². The molecule has 0 radical (unpaired) electrons. The van der Waals surface area contributed by atoms with E-state index >= 15 is 0 Å². The van der Waals surface area contributed by atoms with Gasteiger partial charge in [-0.05, 0) is 50.9 Å². The van der Waals surface area contributed by atoms with Crippen molar-refractivity contribution in [1.29, 1.82) is 0 Å². The fraction of sp³-hybridized carbons (Fsp3) is 0.600. The van der Waals surface area contributed by atoms with Crippen LogP contribution in [-0.2, 0) is 11.2 Å². The van der Waals surface area contributed by atoms with Crippen molar-refractivity contribution in [2.75, 3.05) is 19.7 Å². The Morgan fingerprint density at radius 3 is 2.74 bits per heavy atom. The van der Waals surface area contributed by atoms with E-state index in [2.05, 4.69) is 23.1 Å². The third-order valence-electron chi connectivity index (χ3n) is 5.43. The number of rotatable bonds is 5. The van der Waals surface area contributed by atoms with Crippen LogP contribution in [0.5, 0.6) is 0 Å². The number of hydrogen-bond donors (Lipinski definition) is 0. The van der Waals surface area contributed by atoms with Crippen LogP contribution in [0.1, 0.15) is 44.3 Å². The topological polar surface area (TPSA) is 25.6 Å². The Kier molecular flexibility index (Phi) is 4.67. The van der Waals surface area contributed by atoms with Crippen LogP contribution in [-0.4, -0.2) is 36.7 Å². The summed E-state index contributed by atoms with van der Waals surface area (Å²) < 4.78 is 12.2. The van der Waals surface area contributed by atoms with Crippen molar-refractivity contribution in [3.63, 3.8) is 0 Å². The minimum atomic E-state index is 0.422. The van der Waals surface area contributed by atoms with Crippen LogP contribution < -0.4 is 0 Å². The Morgan fingerprint density at radius 2 is 1.87 bits per heavy atom. The van der Waals surface area contributed by atoms with Crippen LogP contribution in [0.4, 0.5) is 0 Å².